The van der Waals surface area contributed by atoms with Gasteiger partial charge in [0, 0.05) is 11.6 Å². The van der Waals surface area contributed by atoms with Crippen LogP contribution in [0.5, 0.6) is 11.5 Å². The van der Waals surface area contributed by atoms with Gasteiger partial charge in [0.05, 0.1) is 5.52 Å². The SMILES string of the molecule is N#Cc1cnc2ccccc2c1Oc1ccc(F)cc1. The van der Waals surface area contributed by atoms with E-state index in [4.69, 9.17) is 4.74 Å². The predicted octanol–water partition coefficient (Wildman–Crippen LogP) is 4.04. The number of nitrogens with zero attached hydrogens (tertiary/aromatic N) is 2. The summed E-state index contributed by atoms with van der Waals surface area (Å²) < 4.78 is 18.6. The lowest BCUT2D eigenvalue weighted by Crippen LogP contribution is -1.92. The van der Waals surface area contributed by atoms with E-state index < -0.39 is 0 Å². The molecule has 0 radical (unpaired) electrons. The summed E-state index contributed by atoms with van der Waals surface area (Å²) in [6.07, 6.45) is 1.47. The molecule has 0 saturated carbocycles. The minimum atomic E-state index is -0.336. The fourth-order valence-electron chi connectivity index (χ4n) is 1.93. The van der Waals surface area contributed by atoms with Gasteiger partial charge < -0.3 is 4.74 Å². The number of fused-ring (bicyclic) bond motifs is 1. The Labute approximate surface area is 114 Å². The van der Waals surface area contributed by atoms with Gasteiger partial charge in [-0.3, -0.25) is 4.98 Å². The van der Waals surface area contributed by atoms with Crippen LogP contribution in [0.2, 0.25) is 0 Å². The summed E-state index contributed by atoms with van der Waals surface area (Å²) in [5.41, 5.74) is 1.08. The van der Waals surface area contributed by atoms with Gasteiger partial charge in [-0.15, -0.1) is 0 Å². The Bertz CT molecular complexity index is 807. The van der Waals surface area contributed by atoms with Crippen LogP contribution in [0.3, 0.4) is 0 Å². The third-order valence-electron chi connectivity index (χ3n) is 2.88. The second-order valence-electron chi connectivity index (χ2n) is 4.19. The molecule has 3 nitrogen and oxygen atoms in total. The molecule has 1 aromatic heterocycles. The number of hydrogen-bond donors (Lipinski definition) is 0. The Morgan fingerprint density at radius 3 is 2.55 bits per heavy atom. The maximum absolute atomic E-state index is 12.9. The Morgan fingerprint density at radius 2 is 1.80 bits per heavy atom. The molecule has 1 heterocycles. The lowest BCUT2D eigenvalue weighted by atomic mass is 10.1. The van der Waals surface area contributed by atoms with Gasteiger partial charge >= 0.3 is 0 Å². The minimum absolute atomic E-state index is 0.336. The van der Waals surface area contributed by atoms with E-state index >= 15 is 0 Å². The minimum Gasteiger partial charge on any atom is -0.455 e. The molecule has 0 unspecified atom stereocenters. The quantitative estimate of drug-likeness (QED) is 0.701. The van der Waals surface area contributed by atoms with Gasteiger partial charge in [0.1, 0.15) is 23.2 Å². The molecule has 0 aliphatic rings. The van der Waals surface area contributed by atoms with Crippen molar-refractivity contribution in [2.75, 3.05) is 0 Å². The lowest BCUT2D eigenvalue weighted by Gasteiger charge is -2.10. The highest BCUT2D eigenvalue weighted by Crippen LogP contribution is 2.32. The van der Waals surface area contributed by atoms with Crippen molar-refractivity contribution in [2.24, 2.45) is 0 Å². The molecule has 0 spiro atoms. The lowest BCUT2D eigenvalue weighted by molar-refractivity contribution is 0.484. The van der Waals surface area contributed by atoms with Crippen LogP contribution >= 0.6 is 0 Å². The van der Waals surface area contributed by atoms with Crippen LogP contribution in [0, 0.1) is 17.1 Å². The average molecular weight is 264 g/mol. The number of para-hydroxylation sites is 1. The van der Waals surface area contributed by atoms with Crippen molar-refractivity contribution in [3.05, 3.63) is 66.1 Å². The number of hydrogen-bond acceptors (Lipinski definition) is 3. The molecule has 4 heteroatoms. The third kappa shape index (κ3) is 2.17. The third-order valence-corrected chi connectivity index (χ3v) is 2.88. The molecule has 0 bridgehead atoms. The average Bonchev–Trinajstić information content (AvgIpc) is 2.50. The first-order valence-corrected chi connectivity index (χ1v) is 5.99. The number of aromatic nitrogens is 1. The molecule has 0 N–H and O–H groups in total. The summed E-state index contributed by atoms with van der Waals surface area (Å²) in [5.74, 6) is 0.571. The maximum atomic E-state index is 12.9. The fraction of sp³-hybridized carbons (Fsp3) is 0. The molecule has 96 valence electrons. The molecule has 3 aromatic rings. The van der Waals surface area contributed by atoms with E-state index in [0.717, 1.165) is 10.9 Å². The molecule has 0 aliphatic carbocycles. The highest BCUT2D eigenvalue weighted by atomic mass is 19.1. The van der Waals surface area contributed by atoms with Crippen LogP contribution < -0.4 is 4.74 Å². The zero-order valence-corrected chi connectivity index (χ0v) is 10.4. The van der Waals surface area contributed by atoms with Crippen LogP contribution in [-0.4, -0.2) is 4.98 Å². The number of pyridine rings is 1. The first-order valence-electron chi connectivity index (χ1n) is 5.99. The van der Waals surface area contributed by atoms with Crippen molar-refractivity contribution in [1.82, 2.24) is 4.98 Å². The van der Waals surface area contributed by atoms with Crippen LogP contribution in [0.15, 0.2) is 54.7 Å². The van der Waals surface area contributed by atoms with Crippen molar-refractivity contribution < 1.29 is 9.13 Å². The van der Waals surface area contributed by atoms with Gasteiger partial charge in [-0.1, -0.05) is 12.1 Å². The van der Waals surface area contributed by atoms with Crippen molar-refractivity contribution in [3.63, 3.8) is 0 Å². The van der Waals surface area contributed by atoms with Gasteiger partial charge in [0.15, 0.2) is 5.75 Å². The van der Waals surface area contributed by atoms with Crippen molar-refractivity contribution >= 4 is 10.9 Å². The van der Waals surface area contributed by atoms with Gasteiger partial charge in [-0.25, -0.2) is 4.39 Å². The topological polar surface area (TPSA) is 45.9 Å². The Morgan fingerprint density at radius 1 is 1.05 bits per heavy atom. The molecule has 3 rings (SSSR count). The first-order chi connectivity index (χ1) is 9.78. The molecule has 20 heavy (non-hydrogen) atoms. The van der Waals surface area contributed by atoms with E-state index in [1.807, 2.05) is 24.3 Å². The Hall–Kier alpha value is -2.93. The highest BCUT2D eigenvalue weighted by Gasteiger charge is 2.10. The standard InChI is InChI=1S/C16H9FN2O/c17-12-5-7-13(8-6-12)20-16-11(9-18)10-19-15-4-2-1-3-14(15)16/h1-8,10H. The molecule has 0 saturated heterocycles. The van der Waals surface area contributed by atoms with E-state index in [1.54, 1.807) is 0 Å². The van der Waals surface area contributed by atoms with Crippen LogP contribution in [0.25, 0.3) is 10.9 Å². The molecule has 2 aromatic carbocycles. The summed E-state index contributed by atoms with van der Waals surface area (Å²) in [4.78, 5) is 4.21. The van der Waals surface area contributed by atoms with Crippen molar-refractivity contribution in [1.29, 1.82) is 5.26 Å². The van der Waals surface area contributed by atoms with E-state index in [0.29, 0.717) is 17.1 Å². The van der Waals surface area contributed by atoms with Crippen LogP contribution in [0.4, 0.5) is 4.39 Å². The second-order valence-corrected chi connectivity index (χ2v) is 4.19. The summed E-state index contributed by atoms with van der Waals surface area (Å²) >= 11 is 0. The van der Waals surface area contributed by atoms with Gasteiger partial charge in [-0.05, 0) is 36.4 Å². The number of benzene rings is 2. The number of rotatable bonds is 2. The van der Waals surface area contributed by atoms with E-state index in [-0.39, 0.29) is 5.82 Å². The Balaban J connectivity index is 2.14. The molecule has 0 aliphatic heterocycles. The fourth-order valence-corrected chi connectivity index (χ4v) is 1.93. The maximum Gasteiger partial charge on any atom is 0.156 e. The van der Waals surface area contributed by atoms with Gasteiger partial charge in [0.25, 0.3) is 0 Å². The smallest absolute Gasteiger partial charge is 0.156 e. The second kappa shape index (κ2) is 4.98. The van der Waals surface area contributed by atoms with Gasteiger partial charge in [-0.2, -0.15) is 5.26 Å². The molecule has 0 fully saturated rings. The largest absolute Gasteiger partial charge is 0.455 e. The monoisotopic (exact) mass is 264 g/mol. The zero-order chi connectivity index (χ0) is 13.9. The molecular formula is C16H9FN2O. The number of ether oxygens (including phenoxy) is 1. The zero-order valence-electron chi connectivity index (χ0n) is 10.4. The summed E-state index contributed by atoms with van der Waals surface area (Å²) in [6, 6.07) is 15.1. The summed E-state index contributed by atoms with van der Waals surface area (Å²) in [6.45, 7) is 0. The molecule has 0 amide bonds. The Kier molecular flexibility index (Phi) is 3.02. The summed E-state index contributed by atoms with van der Waals surface area (Å²) in [7, 11) is 0. The highest BCUT2D eigenvalue weighted by molar-refractivity contribution is 5.87. The van der Waals surface area contributed by atoms with Gasteiger partial charge in [0.2, 0.25) is 0 Å². The number of halogens is 1. The van der Waals surface area contributed by atoms with E-state index in [2.05, 4.69) is 11.1 Å². The molecular weight excluding hydrogens is 255 g/mol. The van der Waals surface area contributed by atoms with Crippen molar-refractivity contribution in [3.8, 4) is 17.6 Å². The molecule has 0 atom stereocenters. The van der Waals surface area contributed by atoms with E-state index in [9.17, 15) is 9.65 Å². The first kappa shape index (κ1) is 12.1. The summed E-state index contributed by atoms with van der Waals surface area (Å²) in [5, 5.41) is 9.92. The normalized spacial score (nSPS) is 10.2. The van der Waals surface area contributed by atoms with E-state index in [1.165, 1.54) is 30.5 Å². The van der Waals surface area contributed by atoms with Crippen molar-refractivity contribution in [2.45, 2.75) is 0 Å². The van der Waals surface area contributed by atoms with Crippen LogP contribution in [0.1, 0.15) is 5.56 Å². The van der Waals surface area contributed by atoms with Crippen LogP contribution in [-0.2, 0) is 0 Å². The predicted molar refractivity (Wildman–Crippen MR) is 72.9 cm³/mol. The number of nitriles is 1.